The van der Waals surface area contributed by atoms with Crippen molar-refractivity contribution in [1.29, 1.82) is 0 Å². The number of piperidine rings is 1. The number of carbonyl (C=O) groups excluding carboxylic acids is 1. The molecule has 2 aromatic rings. The molecule has 0 saturated carbocycles. The van der Waals surface area contributed by atoms with Gasteiger partial charge in [0.05, 0.1) is 13.0 Å². The van der Waals surface area contributed by atoms with Gasteiger partial charge in [0, 0.05) is 30.7 Å². The molecule has 0 N–H and O–H groups in total. The molecular weight excluding hydrogens is 304 g/mol. The number of rotatable bonds is 4. The van der Waals surface area contributed by atoms with E-state index in [4.69, 9.17) is 4.74 Å². The number of amides is 1. The van der Waals surface area contributed by atoms with Crippen LogP contribution in [-0.2, 0) is 11.2 Å². The number of likely N-dealkylation sites (tertiary alicyclic amines) is 1. The molecule has 1 amide bonds. The van der Waals surface area contributed by atoms with Crippen molar-refractivity contribution in [2.45, 2.75) is 39.2 Å². The Morgan fingerprint density at radius 3 is 3.00 bits per heavy atom. The Labute approximate surface area is 141 Å². The molecule has 3 rings (SSSR count). The van der Waals surface area contributed by atoms with Crippen molar-refractivity contribution < 1.29 is 9.53 Å². The summed E-state index contributed by atoms with van der Waals surface area (Å²) in [5.41, 5.74) is 1.82. The molecule has 1 saturated heterocycles. The largest absolute Gasteiger partial charge is 0.472 e. The van der Waals surface area contributed by atoms with E-state index in [-0.39, 0.29) is 12.0 Å². The van der Waals surface area contributed by atoms with Crippen molar-refractivity contribution in [1.82, 2.24) is 19.9 Å². The van der Waals surface area contributed by atoms with Crippen molar-refractivity contribution in [3.8, 4) is 5.88 Å². The number of ether oxygens (including phenoxy) is 1. The summed E-state index contributed by atoms with van der Waals surface area (Å²) >= 11 is 0. The quantitative estimate of drug-likeness (QED) is 0.861. The van der Waals surface area contributed by atoms with Crippen LogP contribution in [0.5, 0.6) is 5.88 Å². The fraction of sp³-hybridized carbons (Fsp3) is 0.444. The fourth-order valence-corrected chi connectivity index (χ4v) is 2.96. The molecule has 1 unspecified atom stereocenters. The summed E-state index contributed by atoms with van der Waals surface area (Å²) in [6, 6.07) is 5.61. The number of pyridine rings is 1. The molecule has 126 valence electrons. The van der Waals surface area contributed by atoms with Crippen molar-refractivity contribution >= 4 is 5.91 Å². The molecule has 6 nitrogen and oxygen atoms in total. The average Bonchev–Trinajstić information content (AvgIpc) is 2.55. The molecule has 0 spiro atoms. The summed E-state index contributed by atoms with van der Waals surface area (Å²) in [5, 5.41) is 0. The maximum absolute atomic E-state index is 12.5. The maximum Gasteiger partial charge on any atom is 0.227 e. The zero-order chi connectivity index (χ0) is 16.9. The van der Waals surface area contributed by atoms with E-state index in [2.05, 4.69) is 15.0 Å². The monoisotopic (exact) mass is 326 g/mol. The second kappa shape index (κ2) is 7.38. The summed E-state index contributed by atoms with van der Waals surface area (Å²) < 4.78 is 5.99. The van der Waals surface area contributed by atoms with Crippen LogP contribution in [0.3, 0.4) is 0 Å². The smallest absolute Gasteiger partial charge is 0.227 e. The second-order valence-electron chi connectivity index (χ2n) is 6.15. The first-order valence-corrected chi connectivity index (χ1v) is 8.26. The van der Waals surface area contributed by atoms with E-state index in [0.29, 0.717) is 24.7 Å². The van der Waals surface area contributed by atoms with Crippen LogP contribution >= 0.6 is 0 Å². The molecule has 24 heavy (non-hydrogen) atoms. The average molecular weight is 326 g/mol. The van der Waals surface area contributed by atoms with Crippen molar-refractivity contribution in [3.63, 3.8) is 0 Å². The van der Waals surface area contributed by atoms with E-state index in [1.165, 1.54) is 0 Å². The number of hydrogen-bond donors (Lipinski definition) is 0. The minimum Gasteiger partial charge on any atom is -0.472 e. The number of aryl methyl sites for hydroxylation is 2. The summed E-state index contributed by atoms with van der Waals surface area (Å²) in [6.45, 7) is 5.15. The number of carbonyl (C=O) groups is 1. The Hall–Kier alpha value is -2.50. The summed E-state index contributed by atoms with van der Waals surface area (Å²) in [6.07, 6.45) is 5.68. The normalized spacial score (nSPS) is 17.6. The van der Waals surface area contributed by atoms with E-state index >= 15 is 0 Å². The molecule has 3 heterocycles. The first-order chi connectivity index (χ1) is 11.6. The third-order valence-corrected chi connectivity index (χ3v) is 4.04. The molecule has 1 aliphatic rings. The third-order valence-electron chi connectivity index (χ3n) is 4.04. The Morgan fingerprint density at radius 1 is 1.38 bits per heavy atom. The highest BCUT2D eigenvalue weighted by molar-refractivity contribution is 5.78. The molecular formula is C18H22N4O2. The van der Waals surface area contributed by atoms with Crippen LogP contribution in [0.2, 0.25) is 0 Å². The van der Waals surface area contributed by atoms with Gasteiger partial charge in [0.1, 0.15) is 11.9 Å². The number of nitrogens with zero attached hydrogens (tertiary/aromatic N) is 4. The number of aromatic nitrogens is 3. The Kier molecular flexibility index (Phi) is 5.03. The van der Waals surface area contributed by atoms with Crippen LogP contribution in [0.15, 0.2) is 30.6 Å². The molecule has 0 aliphatic carbocycles. The highest BCUT2D eigenvalue weighted by Crippen LogP contribution is 2.18. The van der Waals surface area contributed by atoms with Gasteiger partial charge in [-0.2, -0.15) is 4.98 Å². The lowest BCUT2D eigenvalue weighted by Crippen LogP contribution is -2.45. The summed E-state index contributed by atoms with van der Waals surface area (Å²) in [5.74, 6) is 1.41. The SMILES string of the molecule is Cc1cc(OC2CCCN(C(=O)Cc3cccnc3)C2)nc(C)n1. The van der Waals surface area contributed by atoms with E-state index in [9.17, 15) is 4.79 Å². The first kappa shape index (κ1) is 16.4. The predicted octanol–water partition coefficient (Wildman–Crippen LogP) is 2.10. The zero-order valence-electron chi connectivity index (χ0n) is 14.1. The zero-order valence-corrected chi connectivity index (χ0v) is 14.1. The van der Waals surface area contributed by atoms with Gasteiger partial charge in [-0.1, -0.05) is 6.07 Å². The van der Waals surface area contributed by atoms with Crippen LogP contribution in [-0.4, -0.2) is 45.0 Å². The molecule has 0 aromatic carbocycles. The van der Waals surface area contributed by atoms with Crippen molar-refractivity contribution in [3.05, 3.63) is 47.7 Å². The molecule has 1 atom stereocenters. The predicted molar refractivity (Wildman–Crippen MR) is 89.7 cm³/mol. The van der Waals surface area contributed by atoms with Gasteiger partial charge in [-0.25, -0.2) is 4.98 Å². The molecule has 0 radical (unpaired) electrons. The van der Waals surface area contributed by atoms with Gasteiger partial charge in [-0.15, -0.1) is 0 Å². The lowest BCUT2D eigenvalue weighted by atomic mass is 10.1. The van der Waals surface area contributed by atoms with E-state index in [1.807, 2.05) is 36.9 Å². The lowest BCUT2D eigenvalue weighted by molar-refractivity contribution is -0.133. The standard InChI is InChI=1S/C18H22N4O2/c1-13-9-17(21-14(2)20-13)24-16-6-4-8-22(12-16)18(23)10-15-5-3-7-19-11-15/h3,5,7,9,11,16H,4,6,8,10,12H2,1-2H3. The van der Waals surface area contributed by atoms with Gasteiger partial charge in [-0.3, -0.25) is 9.78 Å². The highest BCUT2D eigenvalue weighted by atomic mass is 16.5. The number of hydrogen-bond acceptors (Lipinski definition) is 5. The minimum absolute atomic E-state index is 0.0229. The van der Waals surface area contributed by atoms with Gasteiger partial charge < -0.3 is 9.64 Å². The van der Waals surface area contributed by atoms with Gasteiger partial charge >= 0.3 is 0 Å². The van der Waals surface area contributed by atoms with Crippen molar-refractivity contribution in [2.24, 2.45) is 0 Å². The third kappa shape index (κ3) is 4.28. The highest BCUT2D eigenvalue weighted by Gasteiger charge is 2.25. The second-order valence-corrected chi connectivity index (χ2v) is 6.15. The van der Waals surface area contributed by atoms with E-state index in [1.54, 1.807) is 12.4 Å². The van der Waals surface area contributed by atoms with Gasteiger partial charge in [0.15, 0.2) is 0 Å². The van der Waals surface area contributed by atoms with E-state index < -0.39 is 0 Å². The minimum atomic E-state index is -0.0229. The fourth-order valence-electron chi connectivity index (χ4n) is 2.96. The Balaban J connectivity index is 1.60. The molecule has 1 fully saturated rings. The summed E-state index contributed by atoms with van der Waals surface area (Å²) in [4.78, 5) is 27.0. The Morgan fingerprint density at radius 2 is 2.25 bits per heavy atom. The van der Waals surface area contributed by atoms with E-state index in [0.717, 1.165) is 30.6 Å². The van der Waals surface area contributed by atoms with Gasteiger partial charge in [0.2, 0.25) is 11.8 Å². The first-order valence-electron chi connectivity index (χ1n) is 8.26. The molecule has 1 aliphatic heterocycles. The summed E-state index contributed by atoms with van der Waals surface area (Å²) in [7, 11) is 0. The van der Waals surface area contributed by atoms with Gasteiger partial charge in [0.25, 0.3) is 0 Å². The van der Waals surface area contributed by atoms with Crippen LogP contribution in [0.1, 0.15) is 29.9 Å². The maximum atomic E-state index is 12.5. The van der Waals surface area contributed by atoms with Crippen molar-refractivity contribution in [2.75, 3.05) is 13.1 Å². The molecule has 0 bridgehead atoms. The van der Waals surface area contributed by atoms with Crippen LogP contribution in [0.4, 0.5) is 0 Å². The van der Waals surface area contributed by atoms with Crippen LogP contribution < -0.4 is 4.74 Å². The Bertz CT molecular complexity index is 685. The molecule has 6 heteroatoms. The van der Waals surface area contributed by atoms with Crippen LogP contribution in [0, 0.1) is 13.8 Å². The lowest BCUT2D eigenvalue weighted by Gasteiger charge is -2.32. The molecule has 2 aromatic heterocycles. The van der Waals surface area contributed by atoms with Gasteiger partial charge in [-0.05, 0) is 38.3 Å². The van der Waals surface area contributed by atoms with Crippen LogP contribution in [0.25, 0.3) is 0 Å². The topological polar surface area (TPSA) is 68.2 Å².